The Hall–Kier alpha value is -2.90. The molecule has 0 aliphatic carbocycles. The maximum atomic E-state index is 11.3. The standard InChI is InChI=1S/C15H17N3O5/c1-2-23-11-5-3-10(4-6-11)9-12-14(15(21)22)16-17-18(12)8-7-13(19)20/h3-6H,2,7-9H2,1H3,(H,19,20)(H,21,22). The van der Waals surface area contributed by atoms with Crippen LogP contribution in [0.2, 0.25) is 0 Å². The van der Waals surface area contributed by atoms with Gasteiger partial charge in [-0.3, -0.25) is 4.79 Å². The first-order chi connectivity index (χ1) is 11.0. The Bertz CT molecular complexity index is 694. The summed E-state index contributed by atoms with van der Waals surface area (Å²) in [4.78, 5) is 21.9. The van der Waals surface area contributed by atoms with Gasteiger partial charge in [0.2, 0.25) is 0 Å². The lowest BCUT2D eigenvalue weighted by Crippen LogP contribution is -2.11. The molecule has 122 valence electrons. The molecule has 8 heteroatoms. The molecule has 0 fully saturated rings. The zero-order valence-corrected chi connectivity index (χ0v) is 12.6. The molecular weight excluding hydrogens is 302 g/mol. The molecule has 0 spiro atoms. The van der Waals surface area contributed by atoms with Gasteiger partial charge in [-0.05, 0) is 24.6 Å². The van der Waals surface area contributed by atoms with Crippen LogP contribution in [0.5, 0.6) is 5.75 Å². The second-order valence-electron chi connectivity index (χ2n) is 4.81. The molecule has 1 heterocycles. The van der Waals surface area contributed by atoms with Crippen molar-refractivity contribution in [1.82, 2.24) is 15.0 Å². The highest BCUT2D eigenvalue weighted by atomic mass is 16.5. The second-order valence-corrected chi connectivity index (χ2v) is 4.81. The van der Waals surface area contributed by atoms with Crippen LogP contribution >= 0.6 is 0 Å². The van der Waals surface area contributed by atoms with Crippen LogP contribution in [0.25, 0.3) is 0 Å². The predicted octanol–water partition coefficient (Wildman–Crippen LogP) is 1.44. The quantitative estimate of drug-likeness (QED) is 0.756. The summed E-state index contributed by atoms with van der Waals surface area (Å²) in [7, 11) is 0. The predicted molar refractivity (Wildman–Crippen MR) is 79.7 cm³/mol. The number of benzene rings is 1. The number of hydrogen-bond acceptors (Lipinski definition) is 5. The second kappa shape index (κ2) is 7.39. The summed E-state index contributed by atoms with van der Waals surface area (Å²) in [6.07, 6.45) is 0.138. The van der Waals surface area contributed by atoms with Crippen molar-refractivity contribution in [3.05, 3.63) is 41.2 Å². The third-order valence-electron chi connectivity index (χ3n) is 3.18. The average Bonchev–Trinajstić information content (AvgIpc) is 2.90. The van der Waals surface area contributed by atoms with Crippen molar-refractivity contribution < 1.29 is 24.5 Å². The van der Waals surface area contributed by atoms with Crippen molar-refractivity contribution in [2.24, 2.45) is 0 Å². The minimum Gasteiger partial charge on any atom is -0.494 e. The van der Waals surface area contributed by atoms with Gasteiger partial charge in [0.1, 0.15) is 5.75 Å². The van der Waals surface area contributed by atoms with E-state index in [0.29, 0.717) is 18.7 Å². The number of aliphatic carboxylic acids is 1. The van der Waals surface area contributed by atoms with E-state index in [9.17, 15) is 14.7 Å². The van der Waals surface area contributed by atoms with E-state index in [1.165, 1.54) is 4.68 Å². The smallest absolute Gasteiger partial charge is 0.358 e. The van der Waals surface area contributed by atoms with E-state index in [1.54, 1.807) is 12.1 Å². The summed E-state index contributed by atoms with van der Waals surface area (Å²) in [6, 6.07) is 7.24. The minimum absolute atomic E-state index is 0.0714. The Labute approximate surface area is 132 Å². The molecule has 1 aromatic carbocycles. The normalized spacial score (nSPS) is 10.5. The highest BCUT2D eigenvalue weighted by molar-refractivity contribution is 5.86. The number of aromatic carboxylic acids is 1. The molecular formula is C15H17N3O5. The van der Waals surface area contributed by atoms with Crippen LogP contribution < -0.4 is 4.74 Å². The van der Waals surface area contributed by atoms with Gasteiger partial charge in [0.25, 0.3) is 0 Å². The average molecular weight is 319 g/mol. The monoisotopic (exact) mass is 319 g/mol. The fourth-order valence-electron chi connectivity index (χ4n) is 2.12. The van der Waals surface area contributed by atoms with Crippen molar-refractivity contribution in [3.63, 3.8) is 0 Å². The minimum atomic E-state index is -1.19. The number of carboxylic acid groups (broad SMARTS) is 2. The number of ether oxygens (including phenoxy) is 1. The molecule has 23 heavy (non-hydrogen) atoms. The van der Waals surface area contributed by atoms with Gasteiger partial charge < -0.3 is 14.9 Å². The van der Waals surface area contributed by atoms with Crippen LogP contribution in [0.4, 0.5) is 0 Å². The van der Waals surface area contributed by atoms with Gasteiger partial charge in [0, 0.05) is 6.42 Å². The van der Waals surface area contributed by atoms with E-state index in [2.05, 4.69) is 10.3 Å². The van der Waals surface area contributed by atoms with Gasteiger partial charge in [-0.1, -0.05) is 17.3 Å². The van der Waals surface area contributed by atoms with Crippen LogP contribution in [0.15, 0.2) is 24.3 Å². The van der Waals surface area contributed by atoms with E-state index in [4.69, 9.17) is 9.84 Å². The van der Waals surface area contributed by atoms with Crippen LogP contribution in [0, 0.1) is 0 Å². The number of hydrogen-bond donors (Lipinski definition) is 2. The molecule has 0 radical (unpaired) electrons. The van der Waals surface area contributed by atoms with Crippen molar-refractivity contribution in [2.75, 3.05) is 6.61 Å². The molecule has 2 N–H and O–H groups in total. The number of nitrogens with zero attached hydrogens (tertiary/aromatic N) is 3. The third-order valence-corrected chi connectivity index (χ3v) is 3.18. The molecule has 2 aromatic rings. The Balaban J connectivity index is 2.23. The fourth-order valence-corrected chi connectivity index (χ4v) is 2.12. The van der Waals surface area contributed by atoms with Gasteiger partial charge >= 0.3 is 11.9 Å². The molecule has 0 saturated carbocycles. The van der Waals surface area contributed by atoms with Gasteiger partial charge in [0.05, 0.1) is 25.3 Å². The summed E-state index contributed by atoms with van der Waals surface area (Å²) in [5.74, 6) is -1.44. The first-order valence-electron chi connectivity index (χ1n) is 7.10. The summed E-state index contributed by atoms with van der Waals surface area (Å²) in [6.45, 7) is 2.52. The zero-order chi connectivity index (χ0) is 16.8. The number of aryl methyl sites for hydroxylation is 1. The lowest BCUT2D eigenvalue weighted by Gasteiger charge is -2.07. The maximum absolute atomic E-state index is 11.3. The highest BCUT2D eigenvalue weighted by Crippen LogP contribution is 2.17. The SMILES string of the molecule is CCOc1ccc(Cc2c(C(=O)O)nnn2CCC(=O)O)cc1. The van der Waals surface area contributed by atoms with Crippen LogP contribution in [-0.4, -0.2) is 43.8 Å². The first-order valence-corrected chi connectivity index (χ1v) is 7.10. The summed E-state index contributed by atoms with van der Waals surface area (Å²) >= 11 is 0. The van der Waals surface area contributed by atoms with Crippen LogP contribution in [-0.2, 0) is 17.8 Å². The topological polar surface area (TPSA) is 115 Å². The Morgan fingerprint density at radius 3 is 2.48 bits per heavy atom. The first kappa shape index (κ1) is 16.5. The number of rotatable bonds is 8. The zero-order valence-electron chi connectivity index (χ0n) is 12.6. The molecule has 8 nitrogen and oxygen atoms in total. The lowest BCUT2D eigenvalue weighted by molar-refractivity contribution is -0.137. The lowest BCUT2D eigenvalue weighted by atomic mass is 10.1. The van der Waals surface area contributed by atoms with Crippen molar-refractivity contribution in [3.8, 4) is 5.75 Å². The van der Waals surface area contributed by atoms with E-state index in [1.807, 2.05) is 19.1 Å². The maximum Gasteiger partial charge on any atom is 0.358 e. The summed E-state index contributed by atoms with van der Waals surface area (Å²) in [5.41, 5.74) is 1.07. The third kappa shape index (κ3) is 4.29. The van der Waals surface area contributed by atoms with Crippen molar-refractivity contribution in [2.45, 2.75) is 26.3 Å². The van der Waals surface area contributed by atoms with E-state index >= 15 is 0 Å². The van der Waals surface area contributed by atoms with E-state index < -0.39 is 11.9 Å². The van der Waals surface area contributed by atoms with E-state index in [-0.39, 0.29) is 18.7 Å². The molecule has 1 aromatic heterocycles. The molecule has 0 aliphatic rings. The van der Waals surface area contributed by atoms with E-state index in [0.717, 1.165) is 11.3 Å². The molecule has 0 aliphatic heterocycles. The Morgan fingerprint density at radius 1 is 1.22 bits per heavy atom. The van der Waals surface area contributed by atoms with Gasteiger partial charge in [-0.25, -0.2) is 9.48 Å². The molecule has 2 rings (SSSR count). The highest BCUT2D eigenvalue weighted by Gasteiger charge is 2.19. The summed E-state index contributed by atoms with van der Waals surface area (Å²) < 4.78 is 6.68. The molecule has 0 bridgehead atoms. The van der Waals surface area contributed by atoms with Crippen LogP contribution in [0.1, 0.15) is 35.1 Å². The molecule has 0 atom stereocenters. The largest absolute Gasteiger partial charge is 0.494 e. The number of carbonyl (C=O) groups is 2. The van der Waals surface area contributed by atoms with Gasteiger partial charge in [0.15, 0.2) is 5.69 Å². The van der Waals surface area contributed by atoms with Crippen molar-refractivity contribution in [1.29, 1.82) is 0 Å². The molecule has 0 unspecified atom stereocenters. The molecule has 0 amide bonds. The fraction of sp³-hybridized carbons (Fsp3) is 0.333. The number of carboxylic acids is 2. The van der Waals surface area contributed by atoms with Gasteiger partial charge in [-0.2, -0.15) is 0 Å². The summed E-state index contributed by atoms with van der Waals surface area (Å²) in [5, 5.41) is 25.3. The van der Waals surface area contributed by atoms with Gasteiger partial charge in [-0.15, -0.1) is 5.10 Å². The number of aromatic nitrogens is 3. The van der Waals surface area contributed by atoms with Crippen LogP contribution in [0.3, 0.4) is 0 Å². The Kier molecular flexibility index (Phi) is 5.29. The molecule has 0 saturated heterocycles. The Morgan fingerprint density at radius 2 is 1.91 bits per heavy atom. The van der Waals surface area contributed by atoms with Crippen molar-refractivity contribution >= 4 is 11.9 Å².